The molecule has 1 saturated heterocycles. The van der Waals surface area contributed by atoms with E-state index in [1.807, 2.05) is 6.20 Å². The molecule has 2 heterocycles. The molecule has 1 aromatic rings. The van der Waals surface area contributed by atoms with Gasteiger partial charge in [0.2, 0.25) is 5.91 Å². The largest absolute Gasteiger partial charge is 0.356 e. The molecule has 0 radical (unpaired) electrons. The highest BCUT2D eigenvalue weighted by molar-refractivity contribution is 5.83. The predicted octanol–water partition coefficient (Wildman–Crippen LogP) is 0.174. The third-order valence-corrected chi connectivity index (χ3v) is 3.72. The summed E-state index contributed by atoms with van der Waals surface area (Å²) in [6.45, 7) is 5.32. The van der Waals surface area contributed by atoms with Gasteiger partial charge in [-0.15, -0.1) is 5.10 Å². The molecular formula is C12H21N5O. The van der Waals surface area contributed by atoms with E-state index in [0.29, 0.717) is 6.54 Å². The van der Waals surface area contributed by atoms with Gasteiger partial charge in [0.1, 0.15) is 0 Å². The van der Waals surface area contributed by atoms with Gasteiger partial charge >= 0.3 is 0 Å². The van der Waals surface area contributed by atoms with Crippen LogP contribution in [0.3, 0.4) is 0 Å². The van der Waals surface area contributed by atoms with Gasteiger partial charge < -0.3 is 10.6 Å². The van der Waals surface area contributed by atoms with Crippen LogP contribution in [0.4, 0.5) is 0 Å². The second-order valence-electron chi connectivity index (χ2n) is 4.84. The molecule has 1 aliphatic rings. The molecule has 1 amide bonds. The Bertz CT molecular complexity index is 370. The number of nitrogens with zero attached hydrogens (tertiary/aromatic N) is 3. The number of carbonyl (C=O) groups excluding carboxylic acids is 1. The third kappa shape index (κ3) is 2.87. The van der Waals surface area contributed by atoms with E-state index in [0.717, 1.165) is 38.9 Å². The van der Waals surface area contributed by atoms with Crippen molar-refractivity contribution in [3.63, 3.8) is 0 Å². The van der Waals surface area contributed by atoms with Crippen LogP contribution in [-0.2, 0) is 11.3 Å². The van der Waals surface area contributed by atoms with E-state index < -0.39 is 0 Å². The van der Waals surface area contributed by atoms with E-state index in [1.165, 1.54) is 0 Å². The van der Waals surface area contributed by atoms with Crippen molar-refractivity contribution in [2.75, 3.05) is 19.6 Å². The first kappa shape index (κ1) is 13.0. The molecule has 0 spiro atoms. The fraction of sp³-hybridized carbons (Fsp3) is 0.750. The molecule has 2 N–H and O–H groups in total. The second-order valence-corrected chi connectivity index (χ2v) is 4.84. The van der Waals surface area contributed by atoms with Crippen molar-refractivity contribution < 1.29 is 4.79 Å². The quantitative estimate of drug-likeness (QED) is 0.707. The first-order valence-corrected chi connectivity index (χ1v) is 6.60. The van der Waals surface area contributed by atoms with E-state index in [-0.39, 0.29) is 11.3 Å². The van der Waals surface area contributed by atoms with Crippen LogP contribution in [0, 0.1) is 5.41 Å². The van der Waals surface area contributed by atoms with Crippen LogP contribution in [0.15, 0.2) is 12.4 Å². The Morgan fingerprint density at radius 3 is 3.11 bits per heavy atom. The summed E-state index contributed by atoms with van der Waals surface area (Å²) < 4.78 is 1.78. The fourth-order valence-electron chi connectivity index (χ4n) is 2.38. The Morgan fingerprint density at radius 2 is 2.50 bits per heavy atom. The van der Waals surface area contributed by atoms with E-state index in [2.05, 4.69) is 27.9 Å². The number of rotatable bonds is 6. The van der Waals surface area contributed by atoms with Crippen molar-refractivity contribution in [1.82, 2.24) is 25.6 Å². The SMILES string of the molecule is CCC1(C(=O)NCCCn2ccnn2)CCNC1. The number of nitrogens with one attached hydrogen (secondary N) is 2. The van der Waals surface area contributed by atoms with Crippen molar-refractivity contribution in [2.24, 2.45) is 5.41 Å². The normalized spacial score (nSPS) is 23.2. The molecule has 1 atom stereocenters. The predicted molar refractivity (Wildman–Crippen MR) is 67.9 cm³/mol. The summed E-state index contributed by atoms with van der Waals surface area (Å²) in [6.07, 6.45) is 6.21. The number of hydrogen-bond acceptors (Lipinski definition) is 4. The first-order chi connectivity index (χ1) is 8.77. The minimum atomic E-state index is -0.187. The van der Waals surface area contributed by atoms with E-state index >= 15 is 0 Å². The van der Waals surface area contributed by atoms with Gasteiger partial charge in [0, 0.05) is 25.8 Å². The summed E-state index contributed by atoms with van der Waals surface area (Å²) >= 11 is 0. The highest BCUT2D eigenvalue weighted by Gasteiger charge is 2.38. The maximum absolute atomic E-state index is 12.2. The minimum Gasteiger partial charge on any atom is -0.356 e. The zero-order valence-electron chi connectivity index (χ0n) is 10.9. The molecule has 18 heavy (non-hydrogen) atoms. The average molecular weight is 251 g/mol. The van der Waals surface area contributed by atoms with Crippen LogP contribution >= 0.6 is 0 Å². The van der Waals surface area contributed by atoms with E-state index in [4.69, 9.17) is 0 Å². The standard InChI is InChI=1S/C12H21N5O/c1-2-12(4-6-13-10-12)11(18)14-5-3-8-17-9-7-15-16-17/h7,9,13H,2-6,8,10H2,1H3,(H,14,18). The topological polar surface area (TPSA) is 71.8 Å². The number of amides is 1. The molecule has 1 fully saturated rings. The Balaban J connectivity index is 1.71. The lowest BCUT2D eigenvalue weighted by Gasteiger charge is -2.25. The number of hydrogen-bond donors (Lipinski definition) is 2. The zero-order valence-corrected chi connectivity index (χ0v) is 10.9. The second kappa shape index (κ2) is 5.95. The van der Waals surface area contributed by atoms with Gasteiger partial charge in [0.05, 0.1) is 11.6 Å². The summed E-state index contributed by atoms with van der Waals surface area (Å²) in [4.78, 5) is 12.2. The Kier molecular flexibility index (Phi) is 4.30. The molecule has 6 nitrogen and oxygen atoms in total. The average Bonchev–Trinajstić information content (AvgIpc) is 3.05. The molecule has 0 aliphatic carbocycles. The molecular weight excluding hydrogens is 230 g/mol. The van der Waals surface area contributed by atoms with Crippen LogP contribution in [0.2, 0.25) is 0 Å². The molecule has 100 valence electrons. The highest BCUT2D eigenvalue weighted by atomic mass is 16.2. The highest BCUT2D eigenvalue weighted by Crippen LogP contribution is 2.29. The van der Waals surface area contributed by atoms with Crippen molar-refractivity contribution in [2.45, 2.75) is 32.7 Å². The number of aryl methyl sites for hydroxylation is 1. The lowest BCUT2D eigenvalue weighted by Crippen LogP contribution is -2.42. The van der Waals surface area contributed by atoms with Crippen LogP contribution in [0.1, 0.15) is 26.2 Å². The minimum absolute atomic E-state index is 0.187. The van der Waals surface area contributed by atoms with Gasteiger partial charge in [0.25, 0.3) is 0 Å². The molecule has 0 saturated carbocycles. The van der Waals surface area contributed by atoms with Crippen LogP contribution in [-0.4, -0.2) is 40.5 Å². The summed E-state index contributed by atoms with van der Waals surface area (Å²) in [5.41, 5.74) is -0.187. The van der Waals surface area contributed by atoms with Gasteiger partial charge in [-0.1, -0.05) is 12.1 Å². The van der Waals surface area contributed by atoms with Crippen molar-refractivity contribution >= 4 is 5.91 Å². The van der Waals surface area contributed by atoms with Gasteiger partial charge in [-0.2, -0.15) is 0 Å². The molecule has 6 heteroatoms. The fourth-order valence-corrected chi connectivity index (χ4v) is 2.38. The Labute approximate surface area is 107 Å². The molecule has 2 rings (SSSR count). The van der Waals surface area contributed by atoms with Crippen LogP contribution in [0.25, 0.3) is 0 Å². The zero-order chi connectivity index (χ0) is 12.8. The van der Waals surface area contributed by atoms with Crippen molar-refractivity contribution in [3.8, 4) is 0 Å². The van der Waals surface area contributed by atoms with Crippen molar-refractivity contribution in [1.29, 1.82) is 0 Å². The Morgan fingerprint density at radius 1 is 1.61 bits per heavy atom. The van der Waals surface area contributed by atoms with Gasteiger partial charge in [-0.05, 0) is 25.8 Å². The third-order valence-electron chi connectivity index (χ3n) is 3.72. The number of carbonyl (C=O) groups is 1. The lowest BCUT2D eigenvalue weighted by molar-refractivity contribution is -0.130. The molecule has 1 aromatic heterocycles. The first-order valence-electron chi connectivity index (χ1n) is 6.60. The summed E-state index contributed by atoms with van der Waals surface area (Å²) in [6, 6.07) is 0. The molecule has 0 aromatic carbocycles. The van der Waals surface area contributed by atoms with Crippen molar-refractivity contribution in [3.05, 3.63) is 12.4 Å². The lowest BCUT2D eigenvalue weighted by atomic mass is 9.83. The monoisotopic (exact) mass is 251 g/mol. The summed E-state index contributed by atoms with van der Waals surface area (Å²) in [7, 11) is 0. The van der Waals surface area contributed by atoms with Gasteiger partial charge in [-0.25, -0.2) is 0 Å². The molecule has 1 unspecified atom stereocenters. The smallest absolute Gasteiger partial charge is 0.227 e. The van der Waals surface area contributed by atoms with Gasteiger partial charge in [0.15, 0.2) is 0 Å². The summed E-state index contributed by atoms with van der Waals surface area (Å²) in [5.74, 6) is 0.189. The number of aromatic nitrogens is 3. The van der Waals surface area contributed by atoms with Crippen LogP contribution < -0.4 is 10.6 Å². The maximum atomic E-state index is 12.2. The van der Waals surface area contributed by atoms with Gasteiger partial charge in [-0.3, -0.25) is 9.48 Å². The van der Waals surface area contributed by atoms with E-state index in [1.54, 1.807) is 10.9 Å². The molecule has 1 aliphatic heterocycles. The van der Waals surface area contributed by atoms with E-state index in [9.17, 15) is 4.79 Å². The Hall–Kier alpha value is -1.43. The maximum Gasteiger partial charge on any atom is 0.227 e. The molecule has 0 bridgehead atoms. The van der Waals surface area contributed by atoms with Crippen LogP contribution in [0.5, 0.6) is 0 Å². The summed E-state index contributed by atoms with van der Waals surface area (Å²) in [5, 5.41) is 13.9.